The van der Waals surface area contributed by atoms with Crippen LogP contribution in [0.5, 0.6) is 0 Å². The van der Waals surface area contributed by atoms with Crippen molar-refractivity contribution in [1.29, 1.82) is 0 Å². The second-order valence-electron chi connectivity index (χ2n) is 7.76. The molecule has 2 aromatic carbocycles. The van der Waals surface area contributed by atoms with Crippen molar-refractivity contribution < 1.29 is 4.79 Å². The third-order valence-corrected chi connectivity index (χ3v) is 5.55. The molecule has 0 unspecified atom stereocenters. The summed E-state index contributed by atoms with van der Waals surface area (Å²) in [7, 11) is 0. The Morgan fingerprint density at radius 3 is 2.41 bits per heavy atom. The number of anilines is 2. The van der Waals surface area contributed by atoms with E-state index in [1.807, 2.05) is 60.8 Å². The van der Waals surface area contributed by atoms with Gasteiger partial charge in [0.2, 0.25) is 0 Å². The smallest absolute Gasteiger partial charge is 0.251 e. The molecule has 1 heterocycles. The molecule has 0 bridgehead atoms. The monoisotopic (exact) mass is 385 g/mol. The quantitative estimate of drug-likeness (QED) is 0.578. The van der Waals surface area contributed by atoms with Gasteiger partial charge in [0.1, 0.15) is 5.82 Å². The Kier molecular flexibility index (Phi) is 5.89. The molecule has 1 aliphatic carbocycles. The molecule has 0 saturated heterocycles. The first-order valence-corrected chi connectivity index (χ1v) is 10.4. The van der Waals surface area contributed by atoms with E-state index in [1.165, 1.54) is 19.3 Å². The first kappa shape index (κ1) is 19.2. The molecule has 4 nitrogen and oxygen atoms in total. The number of carbonyl (C=O) groups is 1. The summed E-state index contributed by atoms with van der Waals surface area (Å²) in [4.78, 5) is 17.0. The zero-order valence-corrected chi connectivity index (χ0v) is 16.8. The first-order valence-electron chi connectivity index (χ1n) is 10.4. The number of carbonyl (C=O) groups excluding carboxylic acids is 1. The molecule has 1 fully saturated rings. The van der Waals surface area contributed by atoms with Crippen LogP contribution >= 0.6 is 0 Å². The van der Waals surface area contributed by atoms with E-state index < -0.39 is 0 Å². The highest BCUT2D eigenvalue weighted by Gasteiger charge is 2.16. The molecule has 0 aliphatic heterocycles. The van der Waals surface area contributed by atoms with Gasteiger partial charge in [-0.05, 0) is 66.8 Å². The number of nitrogens with one attached hydrogen (secondary N) is 2. The van der Waals surface area contributed by atoms with Crippen molar-refractivity contribution in [3.05, 3.63) is 78.0 Å². The van der Waals surface area contributed by atoms with Crippen LogP contribution in [0.15, 0.2) is 66.9 Å². The third-order valence-electron chi connectivity index (χ3n) is 5.55. The SMILES string of the molecule is Cc1cnc(Nc2ccccc2)cc1-c1ccc(C(=O)NC2CCCCC2)cc1. The van der Waals surface area contributed by atoms with Crippen LogP contribution < -0.4 is 10.6 Å². The number of amides is 1. The summed E-state index contributed by atoms with van der Waals surface area (Å²) < 4.78 is 0. The maximum atomic E-state index is 12.6. The minimum absolute atomic E-state index is 0.0290. The molecule has 148 valence electrons. The Labute approximate surface area is 172 Å². The van der Waals surface area contributed by atoms with Crippen LogP contribution in [0.1, 0.15) is 48.0 Å². The van der Waals surface area contributed by atoms with Crippen LogP contribution in [0.3, 0.4) is 0 Å². The lowest BCUT2D eigenvalue weighted by atomic mass is 9.95. The van der Waals surface area contributed by atoms with E-state index >= 15 is 0 Å². The largest absolute Gasteiger partial charge is 0.349 e. The van der Waals surface area contributed by atoms with Gasteiger partial charge in [0.15, 0.2) is 0 Å². The molecule has 3 aromatic rings. The van der Waals surface area contributed by atoms with Gasteiger partial charge in [-0.3, -0.25) is 4.79 Å². The average Bonchev–Trinajstić information content (AvgIpc) is 2.77. The summed E-state index contributed by atoms with van der Waals surface area (Å²) >= 11 is 0. The minimum atomic E-state index is 0.0290. The van der Waals surface area contributed by atoms with Crippen molar-refractivity contribution >= 4 is 17.4 Å². The number of rotatable bonds is 5. The van der Waals surface area contributed by atoms with E-state index in [9.17, 15) is 4.79 Å². The van der Waals surface area contributed by atoms with Gasteiger partial charge in [-0.15, -0.1) is 0 Å². The van der Waals surface area contributed by atoms with Crippen LogP contribution in [0, 0.1) is 6.92 Å². The summed E-state index contributed by atoms with van der Waals surface area (Å²) in [6.45, 7) is 2.05. The lowest BCUT2D eigenvalue weighted by molar-refractivity contribution is 0.0927. The molecule has 29 heavy (non-hydrogen) atoms. The van der Waals surface area contributed by atoms with E-state index in [0.717, 1.165) is 41.0 Å². The van der Waals surface area contributed by atoms with Gasteiger partial charge in [0.25, 0.3) is 5.91 Å². The number of aromatic nitrogens is 1. The van der Waals surface area contributed by atoms with Crippen molar-refractivity contribution in [2.45, 2.75) is 45.1 Å². The van der Waals surface area contributed by atoms with Crippen LogP contribution in [0.2, 0.25) is 0 Å². The summed E-state index contributed by atoms with van der Waals surface area (Å²) in [5, 5.41) is 6.52. The maximum absolute atomic E-state index is 12.6. The van der Waals surface area contributed by atoms with E-state index in [-0.39, 0.29) is 5.91 Å². The van der Waals surface area contributed by atoms with E-state index in [4.69, 9.17) is 0 Å². The standard InChI is InChI=1S/C25H27N3O/c1-18-17-26-24(27-21-8-4-2-5-9-21)16-23(18)19-12-14-20(15-13-19)25(29)28-22-10-6-3-7-11-22/h2,4-5,8-9,12-17,22H,3,6-7,10-11H2,1H3,(H,26,27)(H,28,29). The van der Waals surface area contributed by atoms with Gasteiger partial charge in [0.05, 0.1) is 0 Å². The van der Waals surface area contributed by atoms with Crippen molar-refractivity contribution in [2.75, 3.05) is 5.32 Å². The van der Waals surface area contributed by atoms with Crippen LogP contribution in [-0.4, -0.2) is 16.9 Å². The van der Waals surface area contributed by atoms with Gasteiger partial charge >= 0.3 is 0 Å². The lowest BCUT2D eigenvalue weighted by Crippen LogP contribution is -2.36. The van der Waals surface area contributed by atoms with Gasteiger partial charge in [0, 0.05) is 23.5 Å². The number of hydrogen-bond acceptors (Lipinski definition) is 3. The molecule has 0 atom stereocenters. The normalized spacial score (nSPS) is 14.4. The minimum Gasteiger partial charge on any atom is -0.349 e. The molecule has 1 saturated carbocycles. The van der Waals surface area contributed by atoms with Crippen molar-refractivity contribution in [3.63, 3.8) is 0 Å². The number of aryl methyl sites for hydroxylation is 1. The second kappa shape index (κ2) is 8.91. The topological polar surface area (TPSA) is 54.0 Å². The first-order chi connectivity index (χ1) is 14.2. The Bertz CT molecular complexity index is 961. The number of pyridine rings is 1. The third kappa shape index (κ3) is 4.83. The summed E-state index contributed by atoms with van der Waals surface area (Å²) in [6, 6.07) is 20.3. The Hall–Kier alpha value is -3.14. The Balaban J connectivity index is 1.49. The Morgan fingerprint density at radius 1 is 0.966 bits per heavy atom. The van der Waals surface area contributed by atoms with E-state index in [2.05, 4.69) is 28.6 Å². The van der Waals surface area contributed by atoms with Gasteiger partial charge < -0.3 is 10.6 Å². The van der Waals surface area contributed by atoms with E-state index in [0.29, 0.717) is 11.6 Å². The van der Waals surface area contributed by atoms with Crippen molar-refractivity contribution in [2.24, 2.45) is 0 Å². The fourth-order valence-electron chi connectivity index (χ4n) is 3.89. The fourth-order valence-corrected chi connectivity index (χ4v) is 3.89. The van der Waals surface area contributed by atoms with Crippen molar-refractivity contribution in [3.8, 4) is 11.1 Å². The maximum Gasteiger partial charge on any atom is 0.251 e. The van der Waals surface area contributed by atoms with Gasteiger partial charge in [-0.1, -0.05) is 49.6 Å². The summed E-state index contributed by atoms with van der Waals surface area (Å²) in [6.07, 6.45) is 7.78. The number of para-hydroxylation sites is 1. The predicted octanol–water partition coefficient (Wildman–Crippen LogP) is 5.86. The highest BCUT2D eigenvalue weighted by molar-refractivity contribution is 5.95. The number of hydrogen-bond donors (Lipinski definition) is 2. The van der Waals surface area contributed by atoms with Crippen LogP contribution in [0.4, 0.5) is 11.5 Å². The zero-order chi connectivity index (χ0) is 20.1. The van der Waals surface area contributed by atoms with Crippen molar-refractivity contribution in [1.82, 2.24) is 10.3 Å². The molecular formula is C25H27N3O. The molecule has 2 N–H and O–H groups in total. The van der Waals surface area contributed by atoms with Gasteiger partial charge in [-0.25, -0.2) is 4.98 Å². The molecule has 1 aromatic heterocycles. The molecule has 1 aliphatic rings. The number of benzene rings is 2. The van der Waals surface area contributed by atoms with Crippen LogP contribution in [0.25, 0.3) is 11.1 Å². The zero-order valence-electron chi connectivity index (χ0n) is 16.8. The Morgan fingerprint density at radius 2 is 1.69 bits per heavy atom. The molecular weight excluding hydrogens is 358 g/mol. The summed E-state index contributed by atoms with van der Waals surface area (Å²) in [5.41, 5.74) is 5.01. The van der Waals surface area contributed by atoms with Gasteiger partial charge in [-0.2, -0.15) is 0 Å². The highest BCUT2D eigenvalue weighted by atomic mass is 16.1. The fraction of sp³-hybridized carbons (Fsp3) is 0.280. The number of nitrogens with zero attached hydrogens (tertiary/aromatic N) is 1. The molecule has 4 rings (SSSR count). The molecule has 0 radical (unpaired) electrons. The second-order valence-corrected chi connectivity index (χ2v) is 7.76. The molecule has 0 spiro atoms. The predicted molar refractivity (Wildman–Crippen MR) is 118 cm³/mol. The lowest BCUT2D eigenvalue weighted by Gasteiger charge is -2.22. The molecule has 1 amide bonds. The average molecular weight is 386 g/mol. The highest BCUT2D eigenvalue weighted by Crippen LogP contribution is 2.27. The molecule has 4 heteroatoms. The summed E-state index contributed by atoms with van der Waals surface area (Å²) in [5.74, 6) is 0.831. The van der Waals surface area contributed by atoms with E-state index in [1.54, 1.807) is 0 Å². The van der Waals surface area contributed by atoms with Crippen LogP contribution in [-0.2, 0) is 0 Å².